The summed E-state index contributed by atoms with van der Waals surface area (Å²) in [6, 6.07) is 15.8. The molecule has 0 aliphatic carbocycles. The number of nitrogens with zero attached hydrogens (tertiary/aromatic N) is 2. The standard InChI is InChI=1S/C24H30N2O4/c1-25-11-13-26(14-12-25)16-19-7-6-9-21(15-19)30-17-20-8-4-5-10-22(20)23(18-28-2)24(27)29-3/h4-10,15,18H,11-14,16-17H2,1-3H3/b23-18-. The Labute approximate surface area is 178 Å². The van der Waals surface area contributed by atoms with Gasteiger partial charge in [0.25, 0.3) is 0 Å². The maximum absolute atomic E-state index is 12.2. The molecule has 0 amide bonds. The molecule has 6 nitrogen and oxygen atoms in total. The van der Waals surface area contributed by atoms with Crippen LogP contribution in [-0.2, 0) is 27.4 Å². The van der Waals surface area contributed by atoms with Crippen LogP contribution in [0.25, 0.3) is 5.57 Å². The smallest absolute Gasteiger partial charge is 0.341 e. The van der Waals surface area contributed by atoms with E-state index in [0.717, 1.165) is 49.6 Å². The molecular formula is C24H30N2O4. The summed E-state index contributed by atoms with van der Waals surface area (Å²) in [5.41, 5.74) is 3.22. The van der Waals surface area contributed by atoms with Gasteiger partial charge in [0.2, 0.25) is 0 Å². The topological polar surface area (TPSA) is 51.2 Å². The molecule has 0 atom stereocenters. The Balaban J connectivity index is 1.69. The Kier molecular flexibility index (Phi) is 7.88. The highest BCUT2D eigenvalue weighted by Gasteiger charge is 2.17. The molecule has 1 aliphatic heterocycles. The van der Waals surface area contributed by atoms with Crippen molar-refractivity contribution in [3.05, 3.63) is 71.5 Å². The van der Waals surface area contributed by atoms with Crippen molar-refractivity contribution in [1.82, 2.24) is 9.80 Å². The molecule has 0 radical (unpaired) electrons. The predicted molar refractivity (Wildman–Crippen MR) is 117 cm³/mol. The van der Waals surface area contributed by atoms with Crippen LogP contribution in [0.2, 0.25) is 0 Å². The number of benzene rings is 2. The molecule has 0 unspecified atom stereocenters. The van der Waals surface area contributed by atoms with E-state index in [4.69, 9.17) is 14.2 Å². The summed E-state index contributed by atoms with van der Waals surface area (Å²) in [6.45, 7) is 5.63. The van der Waals surface area contributed by atoms with Gasteiger partial charge in [0.05, 0.1) is 20.5 Å². The number of carbonyl (C=O) groups is 1. The molecule has 0 aromatic heterocycles. The number of piperazine rings is 1. The largest absolute Gasteiger partial charge is 0.503 e. The third kappa shape index (κ3) is 5.84. The number of carbonyl (C=O) groups excluding carboxylic acids is 1. The fourth-order valence-corrected chi connectivity index (χ4v) is 3.52. The molecule has 0 spiro atoms. The van der Waals surface area contributed by atoms with Crippen LogP contribution in [0, 0.1) is 0 Å². The zero-order valence-electron chi connectivity index (χ0n) is 18.0. The first kappa shape index (κ1) is 21.9. The Bertz CT molecular complexity index is 873. The predicted octanol–water partition coefficient (Wildman–Crippen LogP) is 3.17. The van der Waals surface area contributed by atoms with Gasteiger partial charge in [-0.05, 0) is 35.9 Å². The van der Waals surface area contributed by atoms with Crippen molar-refractivity contribution in [3.63, 3.8) is 0 Å². The van der Waals surface area contributed by atoms with Crippen molar-refractivity contribution in [2.75, 3.05) is 47.4 Å². The van der Waals surface area contributed by atoms with Gasteiger partial charge in [-0.3, -0.25) is 4.90 Å². The van der Waals surface area contributed by atoms with Crippen LogP contribution in [0.1, 0.15) is 16.7 Å². The minimum absolute atomic E-state index is 0.339. The Morgan fingerprint density at radius 3 is 2.53 bits per heavy atom. The number of esters is 1. The van der Waals surface area contributed by atoms with Crippen LogP contribution >= 0.6 is 0 Å². The summed E-state index contributed by atoms with van der Waals surface area (Å²) < 4.78 is 16.1. The number of rotatable bonds is 8. The summed E-state index contributed by atoms with van der Waals surface area (Å²) >= 11 is 0. The normalized spacial score (nSPS) is 15.6. The van der Waals surface area contributed by atoms with Crippen molar-refractivity contribution < 1.29 is 19.0 Å². The summed E-state index contributed by atoms with van der Waals surface area (Å²) in [7, 11) is 5.03. The van der Waals surface area contributed by atoms with Gasteiger partial charge >= 0.3 is 5.97 Å². The van der Waals surface area contributed by atoms with Crippen LogP contribution in [0.5, 0.6) is 5.75 Å². The lowest BCUT2D eigenvalue weighted by molar-refractivity contribution is -0.133. The van der Waals surface area contributed by atoms with E-state index in [1.165, 1.54) is 26.0 Å². The van der Waals surface area contributed by atoms with Crippen LogP contribution in [0.3, 0.4) is 0 Å². The average molecular weight is 411 g/mol. The van der Waals surface area contributed by atoms with Crippen LogP contribution in [-0.4, -0.2) is 63.2 Å². The molecule has 160 valence electrons. The molecular weight excluding hydrogens is 380 g/mol. The molecule has 0 saturated carbocycles. The van der Waals surface area contributed by atoms with Gasteiger partial charge in [-0.25, -0.2) is 4.79 Å². The molecule has 2 aromatic carbocycles. The van der Waals surface area contributed by atoms with Gasteiger partial charge < -0.3 is 19.1 Å². The third-order valence-electron chi connectivity index (χ3n) is 5.24. The van der Waals surface area contributed by atoms with Crippen LogP contribution in [0.15, 0.2) is 54.8 Å². The summed E-state index contributed by atoms with van der Waals surface area (Å²) in [4.78, 5) is 17.0. The minimum atomic E-state index is -0.446. The molecule has 1 aliphatic rings. The van der Waals surface area contributed by atoms with E-state index in [1.54, 1.807) is 0 Å². The molecule has 1 heterocycles. The summed E-state index contributed by atoms with van der Waals surface area (Å²) in [6.07, 6.45) is 1.40. The Hall–Kier alpha value is -2.83. The minimum Gasteiger partial charge on any atom is -0.503 e. The zero-order valence-corrected chi connectivity index (χ0v) is 18.0. The Morgan fingerprint density at radius 1 is 1.03 bits per heavy atom. The first-order valence-electron chi connectivity index (χ1n) is 10.1. The number of hydrogen-bond donors (Lipinski definition) is 0. The van der Waals surface area contributed by atoms with Crippen molar-refractivity contribution in [2.45, 2.75) is 13.2 Å². The number of methoxy groups -OCH3 is 2. The van der Waals surface area contributed by atoms with Crippen LogP contribution in [0.4, 0.5) is 0 Å². The van der Waals surface area contributed by atoms with E-state index in [-0.39, 0.29) is 0 Å². The second-order valence-corrected chi connectivity index (χ2v) is 7.43. The third-order valence-corrected chi connectivity index (χ3v) is 5.24. The molecule has 3 rings (SSSR count). The Morgan fingerprint density at radius 2 is 1.80 bits per heavy atom. The molecule has 0 N–H and O–H groups in total. The SMILES string of the molecule is CO/C=C(\C(=O)OC)c1ccccc1COc1cccc(CN2CCN(C)CC2)c1. The number of hydrogen-bond acceptors (Lipinski definition) is 6. The van der Waals surface area contributed by atoms with E-state index in [2.05, 4.69) is 29.0 Å². The van der Waals surface area contributed by atoms with Crippen molar-refractivity contribution in [1.29, 1.82) is 0 Å². The number of ether oxygens (including phenoxy) is 3. The van der Waals surface area contributed by atoms with Gasteiger partial charge in [0.15, 0.2) is 0 Å². The van der Waals surface area contributed by atoms with Crippen molar-refractivity contribution >= 4 is 11.5 Å². The van der Waals surface area contributed by atoms with Gasteiger partial charge in [-0.2, -0.15) is 0 Å². The molecule has 6 heteroatoms. The maximum atomic E-state index is 12.2. The first-order chi connectivity index (χ1) is 14.6. The fraction of sp³-hybridized carbons (Fsp3) is 0.375. The lowest BCUT2D eigenvalue weighted by Gasteiger charge is -2.32. The number of likely N-dealkylation sites (N-methyl/N-ethyl adjacent to an activating group) is 1. The van der Waals surface area contributed by atoms with Gasteiger partial charge in [-0.15, -0.1) is 0 Å². The lowest BCUT2D eigenvalue weighted by atomic mass is 10.0. The van der Waals surface area contributed by atoms with Gasteiger partial charge in [0.1, 0.15) is 17.9 Å². The van der Waals surface area contributed by atoms with E-state index < -0.39 is 5.97 Å². The highest BCUT2D eigenvalue weighted by molar-refractivity contribution is 6.16. The van der Waals surface area contributed by atoms with Crippen molar-refractivity contribution in [3.8, 4) is 5.75 Å². The van der Waals surface area contributed by atoms with E-state index in [1.807, 2.05) is 36.4 Å². The molecule has 1 fully saturated rings. The maximum Gasteiger partial charge on any atom is 0.341 e. The fourth-order valence-electron chi connectivity index (χ4n) is 3.52. The molecule has 1 saturated heterocycles. The average Bonchev–Trinajstić information content (AvgIpc) is 2.78. The van der Waals surface area contributed by atoms with E-state index in [9.17, 15) is 4.79 Å². The monoisotopic (exact) mass is 410 g/mol. The highest BCUT2D eigenvalue weighted by Crippen LogP contribution is 2.23. The van der Waals surface area contributed by atoms with Gasteiger partial charge in [0, 0.05) is 32.7 Å². The first-order valence-corrected chi connectivity index (χ1v) is 10.1. The van der Waals surface area contributed by atoms with Crippen LogP contribution < -0.4 is 4.74 Å². The molecule has 2 aromatic rings. The molecule has 30 heavy (non-hydrogen) atoms. The van der Waals surface area contributed by atoms with Gasteiger partial charge in [-0.1, -0.05) is 36.4 Å². The molecule has 0 bridgehead atoms. The highest BCUT2D eigenvalue weighted by atomic mass is 16.5. The summed E-state index contributed by atoms with van der Waals surface area (Å²) in [5.74, 6) is 0.366. The van der Waals surface area contributed by atoms with E-state index >= 15 is 0 Å². The lowest BCUT2D eigenvalue weighted by Crippen LogP contribution is -2.43. The van der Waals surface area contributed by atoms with Crippen molar-refractivity contribution in [2.24, 2.45) is 0 Å². The summed E-state index contributed by atoms with van der Waals surface area (Å²) in [5, 5.41) is 0. The second-order valence-electron chi connectivity index (χ2n) is 7.43. The quantitative estimate of drug-likeness (QED) is 0.379. The second kappa shape index (κ2) is 10.8. The van der Waals surface area contributed by atoms with E-state index in [0.29, 0.717) is 12.2 Å². The zero-order chi connectivity index (χ0) is 21.3.